The second-order valence-corrected chi connectivity index (χ2v) is 9.58. The molecule has 11 heteroatoms. The summed E-state index contributed by atoms with van der Waals surface area (Å²) in [5, 5.41) is 20.4. The molecule has 196 valence electrons. The average Bonchev–Trinajstić information content (AvgIpc) is 3.18. The van der Waals surface area contributed by atoms with Crippen LogP contribution in [0.1, 0.15) is 23.7 Å². The van der Waals surface area contributed by atoms with Gasteiger partial charge in [-0.1, -0.05) is 18.5 Å². The van der Waals surface area contributed by atoms with Gasteiger partial charge in [0.1, 0.15) is 22.1 Å². The van der Waals surface area contributed by atoms with Crippen LogP contribution in [0.5, 0.6) is 17.2 Å². The van der Waals surface area contributed by atoms with Crippen molar-refractivity contribution in [1.29, 1.82) is 0 Å². The van der Waals surface area contributed by atoms with E-state index in [0.29, 0.717) is 19.6 Å². The van der Waals surface area contributed by atoms with Crippen LogP contribution in [0.25, 0.3) is 0 Å². The first-order chi connectivity index (χ1) is 17.3. The Balaban J connectivity index is 1.56. The van der Waals surface area contributed by atoms with E-state index >= 15 is 0 Å². The number of ether oxygens (including phenoxy) is 3. The number of rotatable bonds is 8. The third-order valence-corrected chi connectivity index (χ3v) is 7.52. The zero-order valence-corrected chi connectivity index (χ0v) is 21.5. The van der Waals surface area contributed by atoms with Gasteiger partial charge in [-0.25, -0.2) is 0 Å². The van der Waals surface area contributed by atoms with Gasteiger partial charge < -0.3 is 24.4 Å². The lowest BCUT2D eigenvalue weighted by atomic mass is 9.73. The van der Waals surface area contributed by atoms with Gasteiger partial charge in [-0.15, -0.1) is 0 Å². The predicted octanol–water partition coefficient (Wildman–Crippen LogP) is 1.77. The summed E-state index contributed by atoms with van der Waals surface area (Å²) in [6.45, 7) is 7.14. The van der Waals surface area contributed by atoms with Gasteiger partial charge in [0.15, 0.2) is 17.3 Å². The molecule has 0 bridgehead atoms. The lowest BCUT2D eigenvalue weighted by molar-refractivity contribution is -0.118. The molecule has 3 aliphatic rings. The van der Waals surface area contributed by atoms with Crippen molar-refractivity contribution >= 4 is 29.4 Å². The standard InChI is InChI=1S/C25H32ClN3O7/c1-15-12-17(31)16(14-27-4-5-28-6-8-29(9-7-28)10-11-30)23(32)25(15)24(33)20-18(34-2)13-19(35-3)21(26)22(20)36-25/h13-15,30,32H,4-12H2,1-3H3/t15-,25+/m1/s1. The number of Topliss-reactive ketones (excluding diaryl/α,β-unsaturated/α-hetero) is 2. The summed E-state index contributed by atoms with van der Waals surface area (Å²) in [5.41, 5.74) is -1.74. The molecule has 1 spiro atoms. The molecule has 4 rings (SSSR count). The molecule has 10 nitrogen and oxygen atoms in total. The first kappa shape index (κ1) is 26.4. The molecule has 1 fully saturated rings. The van der Waals surface area contributed by atoms with Crippen molar-refractivity contribution in [1.82, 2.24) is 9.80 Å². The van der Waals surface area contributed by atoms with Crippen LogP contribution in [0.3, 0.4) is 0 Å². The molecule has 0 radical (unpaired) electrons. The van der Waals surface area contributed by atoms with E-state index in [1.807, 2.05) is 0 Å². The zero-order chi connectivity index (χ0) is 26.0. The summed E-state index contributed by atoms with van der Waals surface area (Å²) in [7, 11) is 2.85. The highest BCUT2D eigenvalue weighted by molar-refractivity contribution is 6.35. The summed E-state index contributed by atoms with van der Waals surface area (Å²) in [4.78, 5) is 35.4. The minimum Gasteiger partial charge on any atom is -0.507 e. The van der Waals surface area contributed by atoms with Gasteiger partial charge >= 0.3 is 0 Å². The van der Waals surface area contributed by atoms with Gasteiger partial charge in [0.05, 0.1) is 32.9 Å². The summed E-state index contributed by atoms with van der Waals surface area (Å²) >= 11 is 6.45. The molecule has 0 unspecified atom stereocenters. The Morgan fingerprint density at radius 3 is 2.42 bits per heavy atom. The Hall–Kier alpha value is -2.66. The van der Waals surface area contributed by atoms with Crippen molar-refractivity contribution in [3.63, 3.8) is 0 Å². The maximum Gasteiger partial charge on any atom is 0.231 e. The van der Waals surface area contributed by atoms with Crippen LogP contribution in [-0.2, 0) is 4.79 Å². The maximum atomic E-state index is 13.7. The van der Waals surface area contributed by atoms with Crippen molar-refractivity contribution in [3.05, 3.63) is 28.0 Å². The average molecular weight is 522 g/mol. The number of β-amino-alcohol motifs (C(OH)–C–C–N with tert-alkyl or cyclic N) is 1. The van der Waals surface area contributed by atoms with E-state index < -0.39 is 23.1 Å². The van der Waals surface area contributed by atoms with E-state index in [1.54, 1.807) is 6.92 Å². The molecular weight excluding hydrogens is 490 g/mol. The first-order valence-corrected chi connectivity index (χ1v) is 12.4. The van der Waals surface area contributed by atoms with Gasteiger partial charge in [0, 0.05) is 63.9 Å². The molecule has 1 aromatic carbocycles. The molecule has 2 atom stereocenters. The van der Waals surface area contributed by atoms with E-state index in [4.69, 9.17) is 30.9 Å². The number of benzene rings is 1. The van der Waals surface area contributed by atoms with Crippen molar-refractivity contribution in [2.24, 2.45) is 10.9 Å². The van der Waals surface area contributed by atoms with Gasteiger partial charge in [-0.2, -0.15) is 0 Å². The Bertz CT molecular complexity index is 1100. The third kappa shape index (κ3) is 4.47. The third-order valence-electron chi connectivity index (χ3n) is 7.16. The molecule has 0 saturated carbocycles. The predicted molar refractivity (Wildman–Crippen MR) is 134 cm³/mol. The zero-order valence-electron chi connectivity index (χ0n) is 20.8. The Labute approximate surface area is 215 Å². The van der Waals surface area contributed by atoms with E-state index in [1.165, 1.54) is 26.5 Å². The Morgan fingerprint density at radius 1 is 1.17 bits per heavy atom. The number of hydrogen-bond donors (Lipinski definition) is 2. The molecule has 1 aromatic rings. The van der Waals surface area contributed by atoms with E-state index in [2.05, 4.69) is 14.8 Å². The van der Waals surface area contributed by atoms with E-state index in [-0.39, 0.29) is 52.2 Å². The number of aliphatic hydroxyl groups excluding tert-OH is 2. The second-order valence-electron chi connectivity index (χ2n) is 9.20. The number of nitrogens with zero attached hydrogens (tertiary/aromatic N) is 3. The number of halogens is 1. The van der Waals surface area contributed by atoms with E-state index in [0.717, 1.165) is 26.2 Å². The number of methoxy groups -OCH3 is 2. The molecule has 2 N–H and O–H groups in total. The highest BCUT2D eigenvalue weighted by Gasteiger charge is 2.60. The number of aliphatic hydroxyl groups is 2. The Morgan fingerprint density at radius 2 is 1.81 bits per heavy atom. The van der Waals surface area contributed by atoms with E-state index in [9.17, 15) is 14.7 Å². The maximum absolute atomic E-state index is 13.7. The van der Waals surface area contributed by atoms with Gasteiger partial charge in [-0.3, -0.25) is 24.4 Å². The van der Waals surface area contributed by atoms with Crippen LogP contribution in [0.2, 0.25) is 5.02 Å². The SMILES string of the molecule is COc1cc(OC)c2c(c1Cl)O[C@]1(C2=O)C(O)=C(C=NCCN2CCN(CCO)CC2)C(=O)C[C@H]1C. The minimum absolute atomic E-state index is 0.00493. The molecule has 0 amide bonds. The molecule has 2 heterocycles. The number of aliphatic imine (C=N–C) groups is 1. The van der Waals surface area contributed by atoms with Crippen molar-refractivity contribution < 1.29 is 34.0 Å². The Kier molecular flexibility index (Phi) is 7.89. The highest BCUT2D eigenvalue weighted by atomic mass is 35.5. The molecular formula is C25H32ClN3O7. The number of carbonyl (C=O) groups excluding carboxylic acids is 2. The number of hydrogen-bond acceptors (Lipinski definition) is 10. The largest absolute Gasteiger partial charge is 0.507 e. The lowest BCUT2D eigenvalue weighted by Gasteiger charge is -2.36. The quantitative estimate of drug-likeness (QED) is 0.493. The molecule has 2 aliphatic heterocycles. The highest BCUT2D eigenvalue weighted by Crippen LogP contribution is 2.54. The van der Waals surface area contributed by atoms with Crippen molar-refractivity contribution in [3.8, 4) is 17.2 Å². The van der Waals surface area contributed by atoms with Crippen molar-refractivity contribution in [2.45, 2.75) is 18.9 Å². The first-order valence-electron chi connectivity index (χ1n) is 12.0. The number of fused-ring (bicyclic) bond motifs is 1. The summed E-state index contributed by atoms with van der Waals surface area (Å²) in [6.07, 6.45) is 1.33. The molecule has 1 aliphatic carbocycles. The van der Waals surface area contributed by atoms with Gasteiger partial charge in [-0.05, 0) is 0 Å². The van der Waals surface area contributed by atoms with Gasteiger partial charge in [0.2, 0.25) is 11.4 Å². The van der Waals surface area contributed by atoms with Crippen LogP contribution < -0.4 is 14.2 Å². The number of piperazine rings is 1. The second kappa shape index (κ2) is 10.8. The minimum atomic E-state index is -1.80. The number of ketones is 2. The molecule has 36 heavy (non-hydrogen) atoms. The molecule has 1 saturated heterocycles. The van der Waals surface area contributed by atoms with Crippen LogP contribution >= 0.6 is 11.6 Å². The van der Waals surface area contributed by atoms with Gasteiger partial charge in [0.25, 0.3) is 0 Å². The topological polar surface area (TPSA) is 121 Å². The van der Waals surface area contributed by atoms with Crippen LogP contribution in [0.4, 0.5) is 0 Å². The fourth-order valence-electron chi connectivity index (χ4n) is 5.05. The monoisotopic (exact) mass is 521 g/mol. The molecule has 0 aromatic heterocycles. The summed E-state index contributed by atoms with van der Waals surface area (Å²) in [6, 6.07) is 1.49. The fraction of sp³-hybridized carbons (Fsp3) is 0.560. The normalized spacial score (nSPS) is 25.1. The van der Waals surface area contributed by atoms with Crippen molar-refractivity contribution in [2.75, 3.05) is 66.6 Å². The van der Waals surface area contributed by atoms with Crippen LogP contribution in [0.15, 0.2) is 22.4 Å². The fourth-order valence-corrected chi connectivity index (χ4v) is 5.31. The summed E-state index contributed by atoms with van der Waals surface area (Å²) in [5.74, 6) is -1.42. The van der Waals surface area contributed by atoms with Crippen LogP contribution in [0, 0.1) is 5.92 Å². The smallest absolute Gasteiger partial charge is 0.231 e. The lowest BCUT2D eigenvalue weighted by Crippen LogP contribution is -2.52. The number of carbonyl (C=O) groups is 2. The summed E-state index contributed by atoms with van der Waals surface area (Å²) < 4.78 is 16.8. The number of allylic oxidation sites excluding steroid dienone is 1. The van der Waals surface area contributed by atoms with Crippen LogP contribution in [-0.4, -0.2) is 110 Å².